The highest BCUT2D eigenvalue weighted by atomic mass is 79.9. The second kappa shape index (κ2) is 9.48. The van der Waals surface area contributed by atoms with Gasteiger partial charge in [0, 0.05) is 12.0 Å². The average molecular weight is 640 g/mol. The Labute approximate surface area is 244 Å². The maximum atomic E-state index is 14.0. The molecule has 11 heteroatoms. The number of amides is 4. The number of fused-ring (bicyclic) bond motifs is 4. The number of carbonyl (C=O) groups excluding carboxylic acids is 4. The SMILES string of the molecule is COc1ccc([C@H]2C3=CC[C@@H]4C(=O)N(C5CCCCC5)C(=O)[C@@H]4[C@@H]3C[C@@]3(Cl)C(=O)N(CBr)C(=O)[C@@]23Cl)cc1O. The Morgan fingerprint density at radius 2 is 1.77 bits per heavy atom. The van der Waals surface area contributed by atoms with Crippen LogP contribution in [-0.2, 0) is 19.2 Å². The molecule has 2 saturated heterocycles. The minimum atomic E-state index is -1.90. The number of carbonyl (C=O) groups is 4. The molecule has 8 nitrogen and oxygen atoms in total. The van der Waals surface area contributed by atoms with Gasteiger partial charge in [-0.05, 0) is 49.3 Å². The standard InChI is InChI=1S/C28H29BrCl2N2O6/c1-39-20-10-7-14(11-19(20)34)22-16-8-9-17-21(24(36)33(23(17)35)15-5-3-2-4-6-15)18(16)12-27(30)25(37)32(13-29)26(38)28(22,27)31/h7-8,10-11,15,17-18,21-22,34H,2-6,9,12-13H2,1H3/t17-,18+,21-,22-,27+,28-/m0/s1. The van der Waals surface area contributed by atoms with E-state index in [4.69, 9.17) is 27.9 Å². The molecule has 208 valence electrons. The van der Waals surface area contributed by atoms with Gasteiger partial charge < -0.3 is 9.84 Å². The molecule has 3 aliphatic carbocycles. The van der Waals surface area contributed by atoms with Crippen molar-refractivity contribution in [1.82, 2.24) is 9.80 Å². The number of rotatable bonds is 4. The van der Waals surface area contributed by atoms with Crippen LogP contribution in [0.15, 0.2) is 29.8 Å². The first kappa shape index (κ1) is 27.1. The zero-order valence-corrected chi connectivity index (χ0v) is 24.5. The zero-order valence-electron chi connectivity index (χ0n) is 21.4. The molecule has 5 aliphatic rings. The summed E-state index contributed by atoms with van der Waals surface area (Å²) in [6.07, 6.45) is 6.83. The summed E-state index contributed by atoms with van der Waals surface area (Å²) in [5.41, 5.74) is 1.09. The summed E-state index contributed by atoms with van der Waals surface area (Å²) in [6, 6.07) is 4.60. The number of phenols is 1. The van der Waals surface area contributed by atoms with Crippen LogP contribution >= 0.6 is 39.1 Å². The summed E-state index contributed by atoms with van der Waals surface area (Å²) in [5.74, 6) is -4.29. The molecule has 4 fully saturated rings. The second-order valence-electron chi connectivity index (χ2n) is 11.3. The van der Waals surface area contributed by atoms with E-state index in [0.29, 0.717) is 17.6 Å². The van der Waals surface area contributed by atoms with Crippen LogP contribution in [0.5, 0.6) is 11.5 Å². The number of ether oxygens (including phenoxy) is 1. The first-order chi connectivity index (χ1) is 18.6. The number of hydrogen-bond acceptors (Lipinski definition) is 6. The fraction of sp³-hybridized carbons (Fsp3) is 0.571. The lowest BCUT2D eigenvalue weighted by Crippen LogP contribution is -2.60. The van der Waals surface area contributed by atoms with Crippen LogP contribution in [0.1, 0.15) is 56.4 Å². The Morgan fingerprint density at radius 1 is 1.05 bits per heavy atom. The monoisotopic (exact) mass is 638 g/mol. The number of imide groups is 2. The summed E-state index contributed by atoms with van der Waals surface area (Å²) >= 11 is 17.6. The third-order valence-electron chi connectivity index (χ3n) is 9.52. The number of aromatic hydroxyl groups is 1. The maximum Gasteiger partial charge on any atom is 0.254 e. The zero-order chi connectivity index (χ0) is 27.9. The van der Waals surface area contributed by atoms with Crippen molar-refractivity contribution < 1.29 is 29.0 Å². The van der Waals surface area contributed by atoms with E-state index in [1.54, 1.807) is 12.1 Å². The van der Waals surface area contributed by atoms with Gasteiger partial charge in [-0.25, -0.2) is 0 Å². The molecular formula is C28H29BrCl2N2O6. The van der Waals surface area contributed by atoms with E-state index < -0.39 is 45.2 Å². The Bertz CT molecular complexity index is 1310. The van der Waals surface area contributed by atoms with Crippen LogP contribution in [0.25, 0.3) is 0 Å². The van der Waals surface area contributed by atoms with Gasteiger partial charge in [-0.3, -0.25) is 29.0 Å². The first-order valence-electron chi connectivity index (χ1n) is 13.3. The molecule has 0 aromatic heterocycles. The molecule has 0 radical (unpaired) electrons. The molecule has 6 atom stereocenters. The van der Waals surface area contributed by atoms with Crippen LogP contribution in [0.4, 0.5) is 0 Å². The van der Waals surface area contributed by atoms with Crippen LogP contribution in [0.2, 0.25) is 0 Å². The lowest BCUT2D eigenvalue weighted by molar-refractivity contribution is -0.144. The molecule has 39 heavy (non-hydrogen) atoms. The number of nitrogens with zero attached hydrogens (tertiary/aromatic N) is 2. The van der Waals surface area contributed by atoms with Gasteiger partial charge in [0.2, 0.25) is 11.8 Å². The molecule has 0 spiro atoms. The molecule has 0 unspecified atom stereocenters. The van der Waals surface area contributed by atoms with Gasteiger partial charge in [0.1, 0.15) is 0 Å². The number of hydrogen-bond donors (Lipinski definition) is 1. The van der Waals surface area contributed by atoms with E-state index in [1.165, 1.54) is 18.1 Å². The number of alkyl halides is 3. The molecule has 0 bridgehead atoms. The lowest BCUT2D eigenvalue weighted by atomic mass is 9.56. The summed E-state index contributed by atoms with van der Waals surface area (Å²) < 4.78 is 5.20. The van der Waals surface area contributed by atoms with Gasteiger partial charge in [-0.1, -0.05) is 52.9 Å². The number of benzene rings is 1. The minimum absolute atomic E-state index is 0.0463. The smallest absolute Gasteiger partial charge is 0.254 e. The van der Waals surface area contributed by atoms with E-state index in [9.17, 15) is 24.3 Å². The van der Waals surface area contributed by atoms with Crippen LogP contribution in [0.3, 0.4) is 0 Å². The van der Waals surface area contributed by atoms with Crippen molar-refractivity contribution in [3.63, 3.8) is 0 Å². The fourth-order valence-corrected chi connectivity index (χ4v) is 9.16. The quantitative estimate of drug-likeness (QED) is 0.226. The summed E-state index contributed by atoms with van der Waals surface area (Å²) in [7, 11) is 1.43. The van der Waals surface area contributed by atoms with Gasteiger partial charge in [0.25, 0.3) is 11.8 Å². The first-order valence-corrected chi connectivity index (χ1v) is 15.2. The van der Waals surface area contributed by atoms with Crippen LogP contribution < -0.4 is 4.74 Å². The predicted octanol–water partition coefficient (Wildman–Crippen LogP) is 4.44. The highest BCUT2D eigenvalue weighted by molar-refractivity contribution is 9.09. The normalized spacial score (nSPS) is 36.6. The van der Waals surface area contributed by atoms with Crippen molar-refractivity contribution in [2.24, 2.45) is 17.8 Å². The van der Waals surface area contributed by atoms with Crippen molar-refractivity contribution in [2.75, 3.05) is 12.6 Å². The Morgan fingerprint density at radius 3 is 2.41 bits per heavy atom. The van der Waals surface area contributed by atoms with E-state index in [-0.39, 0.29) is 41.2 Å². The fourth-order valence-electron chi connectivity index (χ4n) is 7.74. The third-order valence-corrected chi connectivity index (χ3v) is 11.4. The maximum absolute atomic E-state index is 14.0. The van der Waals surface area contributed by atoms with Crippen LogP contribution in [0, 0.1) is 17.8 Å². The Hall–Kier alpha value is -2.10. The predicted molar refractivity (Wildman–Crippen MR) is 147 cm³/mol. The number of allylic oxidation sites excluding steroid dienone is 2. The molecule has 2 heterocycles. The van der Waals surface area contributed by atoms with Gasteiger partial charge in [0.15, 0.2) is 21.2 Å². The van der Waals surface area contributed by atoms with E-state index in [2.05, 4.69) is 15.9 Å². The molecule has 2 aliphatic heterocycles. The van der Waals surface area contributed by atoms with Gasteiger partial charge in [-0.2, -0.15) is 0 Å². The molecule has 1 aromatic carbocycles. The lowest BCUT2D eigenvalue weighted by Gasteiger charge is -2.50. The summed E-state index contributed by atoms with van der Waals surface area (Å²) in [5, 5.41) is 10.6. The number of phenolic OH excluding ortho intramolecular Hbond substituents is 1. The molecular weight excluding hydrogens is 611 g/mol. The van der Waals surface area contributed by atoms with Gasteiger partial charge in [0.05, 0.1) is 24.4 Å². The van der Waals surface area contributed by atoms with Crippen molar-refractivity contribution >= 4 is 62.8 Å². The highest BCUT2D eigenvalue weighted by Gasteiger charge is 2.76. The van der Waals surface area contributed by atoms with Crippen molar-refractivity contribution in [3.8, 4) is 11.5 Å². The van der Waals surface area contributed by atoms with E-state index in [1.807, 2.05) is 6.08 Å². The highest BCUT2D eigenvalue weighted by Crippen LogP contribution is 2.65. The number of methoxy groups -OCH3 is 1. The van der Waals surface area contributed by atoms with Crippen LogP contribution in [-0.4, -0.2) is 66.9 Å². The molecule has 4 amide bonds. The average Bonchev–Trinajstić information content (AvgIpc) is 3.27. The Balaban J connectivity index is 1.50. The van der Waals surface area contributed by atoms with E-state index in [0.717, 1.165) is 37.0 Å². The number of likely N-dealkylation sites (tertiary alicyclic amines) is 2. The molecule has 6 rings (SSSR count). The molecule has 1 N–H and O–H groups in total. The van der Waals surface area contributed by atoms with Crippen molar-refractivity contribution in [1.29, 1.82) is 0 Å². The van der Waals surface area contributed by atoms with Gasteiger partial charge in [-0.15, -0.1) is 23.2 Å². The molecule has 2 saturated carbocycles. The summed E-state index contributed by atoms with van der Waals surface area (Å²) in [4.78, 5) is 53.8. The summed E-state index contributed by atoms with van der Waals surface area (Å²) in [6.45, 7) is 0. The number of halogens is 3. The largest absolute Gasteiger partial charge is 0.504 e. The van der Waals surface area contributed by atoms with Gasteiger partial charge >= 0.3 is 0 Å². The minimum Gasteiger partial charge on any atom is -0.504 e. The Kier molecular flexibility index (Phi) is 6.59. The third kappa shape index (κ3) is 3.54. The van der Waals surface area contributed by atoms with E-state index >= 15 is 0 Å². The van der Waals surface area contributed by atoms with Crippen molar-refractivity contribution in [3.05, 3.63) is 35.4 Å². The molecule has 1 aromatic rings. The topological polar surface area (TPSA) is 104 Å². The van der Waals surface area contributed by atoms with Crippen molar-refractivity contribution in [2.45, 2.75) is 66.7 Å². The second-order valence-corrected chi connectivity index (χ2v) is 13.0.